The van der Waals surface area contributed by atoms with Gasteiger partial charge in [-0.2, -0.15) is 0 Å². The number of sulfonamides is 1. The van der Waals surface area contributed by atoms with Gasteiger partial charge in [-0.1, -0.05) is 36.7 Å². The van der Waals surface area contributed by atoms with Crippen LogP contribution in [0.1, 0.15) is 25.3 Å². The molecule has 156 valence electrons. The predicted molar refractivity (Wildman–Crippen MR) is 117 cm³/mol. The lowest BCUT2D eigenvalue weighted by Gasteiger charge is -2.36. The second kappa shape index (κ2) is 8.63. The van der Waals surface area contributed by atoms with Crippen molar-refractivity contribution in [3.63, 3.8) is 0 Å². The maximum Gasteiger partial charge on any atom is 0.250 e. The van der Waals surface area contributed by atoms with E-state index in [1.54, 1.807) is 17.0 Å². The summed E-state index contributed by atoms with van der Waals surface area (Å²) in [5, 5.41) is 0.282. The molecule has 1 aliphatic heterocycles. The zero-order chi connectivity index (χ0) is 21.2. The Bertz CT molecular complexity index is 1010. The highest BCUT2D eigenvalue weighted by Crippen LogP contribution is 2.33. The molecule has 8 heteroatoms. The molecule has 2 aromatic rings. The molecule has 0 radical (unpaired) electrons. The average Bonchev–Trinajstić information content (AvgIpc) is 2.70. The summed E-state index contributed by atoms with van der Waals surface area (Å²) < 4.78 is 31.7. The maximum atomic E-state index is 13.5. The maximum absolute atomic E-state index is 13.5. The van der Waals surface area contributed by atoms with Gasteiger partial charge in [-0.05, 0) is 49.1 Å². The van der Waals surface area contributed by atoms with Crippen molar-refractivity contribution in [3.8, 4) is 5.75 Å². The Morgan fingerprint density at radius 2 is 2.00 bits per heavy atom. The van der Waals surface area contributed by atoms with Gasteiger partial charge in [0.1, 0.15) is 11.8 Å². The first-order valence-corrected chi connectivity index (χ1v) is 11.7. The van der Waals surface area contributed by atoms with Gasteiger partial charge in [-0.25, -0.2) is 8.42 Å². The standard InChI is InChI=1S/C21H25ClN2O4S/c1-4-18(21(25)23-13-7-9-15-8-5-6-10-19(15)23)24(29(3,26)27)16-11-12-20(28-2)17(22)14-16/h5-6,8,10-12,14,18H,4,7,9,13H2,1-3H3. The summed E-state index contributed by atoms with van der Waals surface area (Å²) in [7, 11) is -2.25. The number of methoxy groups -OCH3 is 1. The van der Waals surface area contributed by atoms with Crippen LogP contribution in [0.3, 0.4) is 0 Å². The summed E-state index contributed by atoms with van der Waals surface area (Å²) in [6.07, 6.45) is 3.17. The van der Waals surface area contributed by atoms with Crippen LogP contribution in [0.25, 0.3) is 0 Å². The second-order valence-electron chi connectivity index (χ2n) is 7.02. The number of carbonyl (C=O) groups is 1. The van der Waals surface area contributed by atoms with Gasteiger partial charge >= 0.3 is 0 Å². The van der Waals surface area contributed by atoms with Crippen LogP contribution >= 0.6 is 11.6 Å². The number of rotatable bonds is 6. The molecule has 1 unspecified atom stereocenters. The van der Waals surface area contributed by atoms with Crippen LogP contribution in [0.4, 0.5) is 11.4 Å². The molecule has 1 aliphatic rings. The monoisotopic (exact) mass is 436 g/mol. The number of fused-ring (bicyclic) bond motifs is 1. The van der Waals surface area contributed by atoms with E-state index in [0.29, 0.717) is 24.4 Å². The van der Waals surface area contributed by atoms with E-state index in [2.05, 4.69) is 0 Å². The molecule has 0 spiro atoms. The van der Waals surface area contributed by atoms with E-state index >= 15 is 0 Å². The number of aryl methyl sites for hydroxylation is 1. The Morgan fingerprint density at radius 3 is 2.62 bits per heavy atom. The zero-order valence-electron chi connectivity index (χ0n) is 16.8. The van der Waals surface area contributed by atoms with E-state index in [1.165, 1.54) is 13.2 Å². The number of para-hydroxylation sites is 1. The van der Waals surface area contributed by atoms with Gasteiger partial charge in [0, 0.05) is 12.2 Å². The highest BCUT2D eigenvalue weighted by atomic mass is 35.5. The molecule has 0 aliphatic carbocycles. The van der Waals surface area contributed by atoms with Crippen LogP contribution in [0.15, 0.2) is 42.5 Å². The summed E-state index contributed by atoms with van der Waals surface area (Å²) in [4.78, 5) is 15.2. The van der Waals surface area contributed by atoms with E-state index in [4.69, 9.17) is 16.3 Å². The fraction of sp³-hybridized carbons (Fsp3) is 0.381. The SMILES string of the molecule is CCC(C(=O)N1CCCc2ccccc21)N(c1ccc(OC)c(Cl)c1)S(C)(=O)=O. The Balaban J connectivity index is 2.03. The number of amides is 1. The van der Waals surface area contributed by atoms with Crippen LogP contribution in [-0.4, -0.2) is 40.3 Å². The molecule has 0 aromatic heterocycles. The number of nitrogens with zero attached hydrogens (tertiary/aromatic N) is 2. The lowest BCUT2D eigenvalue weighted by molar-refractivity contribution is -0.119. The molecule has 1 atom stereocenters. The van der Waals surface area contributed by atoms with Gasteiger partial charge < -0.3 is 9.64 Å². The molecule has 0 saturated carbocycles. The summed E-state index contributed by atoms with van der Waals surface area (Å²) in [5.41, 5.74) is 2.28. The van der Waals surface area contributed by atoms with Gasteiger partial charge in [0.2, 0.25) is 10.0 Å². The number of anilines is 2. The molecular formula is C21H25ClN2O4S. The van der Waals surface area contributed by atoms with Gasteiger partial charge in [-0.3, -0.25) is 9.10 Å². The molecule has 0 fully saturated rings. The lowest BCUT2D eigenvalue weighted by atomic mass is 10.0. The Labute approximate surface area is 177 Å². The van der Waals surface area contributed by atoms with Crippen molar-refractivity contribution in [2.24, 2.45) is 0 Å². The van der Waals surface area contributed by atoms with Crippen molar-refractivity contribution in [2.75, 3.05) is 29.1 Å². The Morgan fingerprint density at radius 1 is 1.28 bits per heavy atom. The fourth-order valence-electron chi connectivity index (χ4n) is 3.78. The highest BCUT2D eigenvalue weighted by molar-refractivity contribution is 7.92. The van der Waals surface area contributed by atoms with Crippen molar-refractivity contribution < 1.29 is 17.9 Å². The molecule has 1 amide bonds. The lowest BCUT2D eigenvalue weighted by Crippen LogP contribution is -2.52. The first-order valence-electron chi connectivity index (χ1n) is 9.50. The van der Waals surface area contributed by atoms with Crippen LogP contribution in [0, 0.1) is 0 Å². The third-order valence-corrected chi connectivity index (χ3v) is 6.55. The minimum atomic E-state index is -3.74. The molecule has 1 heterocycles. The number of hydrogen-bond donors (Lipinski definition) is 0. The first kappa shape index (κ1) is 21.5. The highest BCUT2D eigenvalue weighted by Gasteiger charge is 2.36. The predicted octanol–water partition coefficient (Wildman–Crippen LogP) is 3.87. The summed E-state index contributed by atoms with van der Waals surface area (Å²) >= 11 is 6.22. The van der Waals surface area contributed by atoms with E-state index in [-0.39, 0.29) is 10.9 Å². The zero-order valence-corrected chi connectivity index (χ0v) is 18.3. The molecule has 0 bridgehead atoms. The minimum absolute atomic E-state index is 0.239. The fourth-order valence-corrected chi connectivity index (χ4v) is 5.23. The number of halogens is 1. The molecule has 0 N–H and O–H groups in total. The summed E-state index contributed by atoms with van der Waals surface area (Å²) in [5.74, 6) is 0.199. The van der Waals surface area contributed by atoms with E-state index < -0.39 is 16.1 Å². The van der Waals surface area contributed by atoms with Crippen molar-refractivity contribution in [2.45, 2.75) is 32.2 Å². The van der Waals surface area contributed by atoms with Gasteiger partial charge in [0.05, 0.1) is 24.1 Å². The normalized spacial score (nSPS) is 14.8. The number of ether oxygens (including phenoxy) is 1. The molecule has 2 aromatic carbocycles. The van der Waals surface area contributed by atoms with Crippen LogP contribution in [-0.2, 0) is 21.2 Å². The van der Waals surface area contributed by atoms with Gasteiger partial charge in [0.15, 0.2) is 0 Å². The molecule has 29 heavy (non-hydrogen) atoms. The third-order valence-electron chi connectivity index (χ3n) is 5.08. The molecule has 0 saturated heterocycles. The second-order valence-corrected chi connectivity index (χ2v) is 9.29. The summed E-state index contributed by atoms with van der Waals surface area (Å²) in [6.45, 7) is 2.37. The average molecular weight is 437 g/mol. The number of benzene rings is 2. The van der Waals surface area contributed by atoms with Crippen molar-refractivity contribution >= 4 is 38.9 Å². The Kier molecular flexibility index (Phi) is 6.39. The van der Waals surface area contributed by atoms with Gasteiger partial charge in [0.25, 0.3) is 5.91 Å². The summed E-state index contributed by atoms with van der Waals surface area (Å²) in [6, 6.07) is 11.6. The van der Waals surface area contributed by atoms with E-state index in [0.717, 1.165) is 34.7 Å². The number of hydrogen-bond acceptors (Lipinski definition) is 4. The first-order chi connectivity index (χ1) is 13.8. The van der Waals surface area contributed by atoms with E-state index in [9.17, 15) is 13.2 Å². The quantitative estimate of drug-likeness (QED) is 0.689. The van der Waals surface area contributed by atoms with Crippen LogP contribution < -0.4 is 13.9 Å². The third kappa shape index (κ3) is 4.36. The molecule has 3 rings (SSSR count). The van der Waals surface area contributed by atoms with Crippen LogP contribution in [0.2, 0.25) is 5.02 Å². The van der Waals surface area contributed by atoms with Crippen molar-refractivity contribution in [3.05, 3.63) is 53.1 Å². The van der Waals surface area contributed by atoms with Gasteiger partial charge in [-0.15, -0.1) is 0 Å². The van der Waals surface area contributed by atoms with Crippen LogP contribution in [0.5, 0.6) is 5.75 Å². The smallest absolute Gasteiger partial charge is 0.250 e. The molecular weight excluding hydrogens is 412 g/mol. The Hall–Kier alpha value is -2.25. The topological polar surface area (TPSA) is 66.9 Å². The van der Waals surface area contributed by atoms with Crippen molar-refractivity contribution in [1.82, 2.24) is 0 Å². The molecule has 6 nitrogen and oxygen atoms in total. The minimum Gasteiger partial charge on any atom is -0.495 e. The number of carbonyl (C=O) groups excluding carboxylic acids is 1. The largest absolute Gasteiger partial charge is 0.495 e. The van der Waals surface area contributed by atoms with E-state index in [1.807, 2.05) is 31.2 Å². The van der Waals surface area contributed by atoms with Crippen molar-refractivity contribution in [1.29, 1.82) is 0 Å².